The van der Waals surface area contributed by atoms with E-state index in [4.69, 9.17) is 20.9 Å². The number of ether oxygens (including phenoxy) is 1. The lowest BCUT2D eigenvalue weighted by Gasteiger charge is -2.42. The van der Waals surface area contributed by atoms with Crippen LogP contribution in [0.5, 0.6) is 5.75 Å². The molecule has 1 aromatic carbocycles. The fourth-order valence-electron chi connectivity index (χ4n) is 4.75. The van der Waals surface area contributed by atoms with E-state index in [1.54, 1.807) is 18.2 Å². The van der Waals surface area contributed by atoms with Crippen LogP contribution >= 0.6 is 11.6 Å². The number of rotatable bonds is 8. The Hall–Kier alpha value is -2.58. The Morgan fingerprint density at radius 1 is 1.06 bits per heavy atom. The quantitative estimate of drug-likeness (QED) is 0.547. The van der Waals surface area contributed by atoms with Crippen molar-refractivity contribution in [2.45, 2.75) is 39.0 Å². The molecular formula is C26H35ClN4O4. The summed E-state index contributed by atoms with van der Waals surface area (Å²) >= 11 is 6.01. The topological polar surface area (TPSA) is 79.1 Å². The number of carbonyl (C=O) groups excluding carboxylic acids is 2. The monoisotopic (exact) mass is 502 g/mol. The van der Waals surface area contributed by atoms with Crippen LogP contribution in [0.25, 0.3) is 0 Å². The molecule has 35 heavy (non-hydrogen) atoms. The van der Waals surface area contributed by atoms with E-state index in [1.807, 2.05) is 21.9 Å². The number of hydrogen-bond acceptors (Lipinski definition) is 6. The maximum Gasteiger partial charge on any atom is 0.276 e. The van der Waals surface area contributed by atoms with Crippen LogP contribution in [0.2, 0.25) is 5.02 Å². The molecule has 0 bridgehead atoms. The van der Waals surface area contributed by atoms with E-state index in [9.17, 15) is 9.59 Å². The van der Waals surface area contributed by atoms with Crippen LogP contribution < -0.4 is 4.74 Å². The maximum absolute atomic E-state index is 13.3. The zero-order valence-corrected chi connectivity index (χ0v) is 21.4. The SMILES string of the molecule is CCCc1cc(C(=O)N2CCC(COc3ccc(Cl)cc3)(CC(=O)N3CCN(C)CC3)CC2)no1. The second-order valence-electron chi connectivity index (χ2n) is 9.82. The van der Waals surface area contributed by atoms with Gasteiger partial charge in [-0.05, 0) is 50.6 Å². The smallest absolute Gasteiger partial charge is 0.276 e. The molecule has 2 fully saturated rings. The van der Waals surface area contributed by atoms with Gasteiger partial charge < -0.3 is 24.0 Å². The molecule has 2 aliphatic heterocycles. The summed E-state index contributed by atoms with van der Waals surface area (Å²) in [5.41, 5.74) is 0.0143. The van der Waals surface area contributed by atoms with E-state index >= 15 is 0 Å². The predicted molar refractivity (Wildman–Crippen MR) is 134 cm³/mol. The molecule has 2 aromatic rings. The first-order chi connectivity index (χ1) is 16.9. The lowest BCUT2D eigenvalue weighted by Crippen LogP contribution is -2.51. The highest BCUT2D eigenvalue weighted by atomic mass is 35.5. The van der Waals surface area contributed by atoms with Crippen LogP contribution in [-0.4, -0.2) is 84.6 Å². The lowest BCUT2D eigenvalue weighted by atomic mass is 9.75. The molecule has 0 N–H and O–H groups in total. The highest BCUT2D eigenvalue weighted by molar-refractivity contribution is 6.30. The molecule has 0 atom stereocenters. The Bertz CT molecular complexity index is 993. The van der Waals surface area contributed by atoms with Crippen molar-refractivity contribution in [1.29, 1.82) is 0 Å². The number of halogens is 1. The summed E-state index contributed by atoms with van der Waals surface area (Å²) in [4.78, 5) is 32.3. The maximum atomic E-state index is 13.3. The Kier molecular flexibility index (Phi) is 8.34. The molecule has 0 saturated carbocycles. The second-order valence-corrected chi connectivity index (χ2v) is 10.3. The van der Waals surface area contributed by atoms with Gasteiger partial charge in [-0.2, -0.15) is 0 Å². The average Bonchev–Trinajstić information content (AvgIpc) is 3.33. The van der Waals surface area contributed by atoms with E-state index in [0.29, 0.717) is 49.7 Å². The summed E-state index contributed by atoms with van der Waals surface area (Å²) in [6.07, 6.45) is 3.48. The molecule has 1 aromatic heterocycles. The first-order valence-electron chi connectivity index (χ1n) is 12.5. The summed E-state index contributed by atoms with van der Waals surface area (Å²) in [5, 5.41) is 4.63. The van der Waals surface area contributed by atoms with Gasteiger partial charge in [-0.1, -0.05) is 23.7 Å². The van der Waals surface area contributed by atoms with Crippen LogP contribution in [0, 0.1) is 5.41 Å². The average molecular weight is 503 g/mol. The minimum Gasteiger partial charge on any atom is -0.493 e. The number of hydrogen-bond donors (Lipinski definition) is 0. The highest BCUT2D eigenvalue weighted by Crippen LogP contribution is 2.37. The van der Waals surface area contributed by atoms with Gasteiger partial charge in [0.25, 0.3) is 5.91 Å². The lowest BCUT2D eigenvalue weighted by molar-refractivity contribution is -0.136. The van der Waals surface area contributed by atoms with Gasteiger partial charge in [-0.15, -0.1) is 0 Å². The van der Waals surface area contributed by atoms with Crippen LogP contribution in [0.3, 0.4) is 0 Å². The number of benzene rings is 1. The standard InChI is InChI=1S/C26H35ClN4O4/c1-3-4-22-17-23(28-35-22)25(33)31-11-9-26(10-12-31,19-34-21-7-5-20(27)6-8-21)18-24(32)30-15-13-29(2)14-16-30/h5-8,17H,3-4,9-16,18-19H2,1-2H3. The van der Waals surface area contributed by atoms with Crippen LogP contribution in [0.1, 0.15) is 48.9 Å². The van der Waals surface area contributed by atoms with Crippen molar-refractivity contribution < 1.29 is 18.8 Å². The molecule has 0 unspecified atom stereocenters. The molecule has 2 saturated heterocycles. The third-order valence-electron chi connectivity index (χ3n) is 7.13. The number of amides is 2. The van der Waals surface area contributed by atoms with Crippen LogP contribution in [0.15, 0.2) is 34.9 Å². The zero-order chi connectivity index (χ0) is 24.8. The van der Waals surface area contributed by atoms with Gasteiger partial charge in [0.15, 0.2) is 5.69 Å². The number of likely N-dealkylation sites (tertiary alicyclic amines) is 1. The minimum absolute atomic E-state index is 0.117. The van der Waals surface area contributed by atoms with E-state index in [2.05, 4.69) is 24.0 Å². The summed E-state index contributed by atoms with van der Waals surface area (Å²) in [7, 11) is 2.08. The second kappa shape index (κ2) is 11.4. The number of piperidine rings is 1. The number of nitrogens with zero attached hydrogens (tertiary/aromatic N) is 4. The first-order valence-corrected chi connectivity index (χ1v) is 12.8. The van der Waals surface area contributed by atoms with Crippen molar-refractivity contribution in [2.75, 3.05) is 52.9 Å². The normalized spacial score (nSPS) is 18.5. The molecule has 8 nitrogen and oxygen atoms in total. The predicted octanol–water partition coefficient (Wildman–Crippen LogP) is 3.75. The van der Waals surface area contributed by atoms with E-state index in [-0.39, 0.29) is 17.2 Å². The first kappa shape index (κ1) is 25.5. The van der Waals surface area contributed by atoms with Gasteiger partial charge in [-0.3, -0.25) is 9.59 Å². The number of carbonyl (C=O) groups is 2. The van der Waals surface area contributed by atoms with Crippen molar-refractivity contribution in [3.63, 3.8) is 0 Å². The number of aryl methyl sites for hydroxylation is 1. The third kappa shape index (κ3) is 6.55. The van der Waals surface area contributed by atoms with Gasteiger partial charge in [0.2, 0.25) is 5.91 Å². The van der Waals surface area contributed by atoms with Crippen molar-refractivity contribution in [3.05, 3.63) is 46.8 Å². The number of piperazine rings is 1. The zero-order valence-electron chi connectivity index (χ0n) is 20.7. The minimum atomic E-state index is -0.339. The Labute approximate surface area is 212 Å². The van der Waals surface area contributed by atoms with Crippen LogP contribution in [0.4, 0.5) is 0 Å². The molecule has 0 spiro atoms. The van der Waals surface area contributed by atoms with Gasteiger partial charge in [0.05, 0.1) is 6.61 Å². The van der Waals surface area contributed by atoms with Gasteiger partial charge >= 0.3 is 0 Å². The summed E-state index contributed by atoms with van der Waals surface area (Å²) in [5.74, 6) is 1.51. The number of aromatic nitrogens is 1. The molecule has 0 aliphatic carbocycles. The van der Waals surface area contributed by atoms with E-state index in [1.165, 1.54) is 0 Å². The summed E-state index contributed by atoms with van der Waals surface area (Å²) in [6.45, 7) is 6.86. The van der Waals surface area contributed by atoms with Gasteiger partial charge in [0, 0.05) is 68.6 Å². The van der Waals surface area contributed by atoms with Gasteiger partial charge in [-0.25, -0.2) is 0 Å². The molecule has 9 heteroatoms. The van der Waals surface area contributed by atoms with Crippen molar-refractivity contribution in [3.8, 4) is 5.75 Å². The van der Waals surface area contributed by atoms with E-state index in [0.717, 1.165) is 50.5 Å². The van der Waals surface area contributed by atoms with Crippen molar-refractivity contribution >= 4 is 23.4 Å². The molecule has 4 rings (SSSR count). The number of likely N-dealkylation sites (N-methyl/N-ethyl adjacent to an activating group) is 1. The molecule has 0 radical (unpaired) electrons. The molecule has 3 heterocycles. The largest absolute Gasteiger partial charge is 0.493 e. The molecule has 2 aliphatic rings. The van der Waals surface area contributed by atoms with Crippen molar-refractivity contribution in [1.82, 2.24) is 19.9 Å². The summed E-state index contributed by atoms with van der Waals surface area (Å²) < 4.78 is 11.5. The van der Waals surface area contributed by atoms with Gasteiger partial charge in [0.1, 0.15) is 11.5 Å². The van der Waals surface area contributed by atoms with E-state index < -0.39 is 0 Å². The Morgan fingerprint density at radius 3 is 2.40 bits per heavy atom. The Morgan fingerprint density at radius 2 is 1.74 bits per heavy atom. The highest BCUT2D eigenvalue weighted by Gasteiger charge is 2.40. The third-order valence-corrected chi connectivity index (χ3v) is 7.38. The fraction of sp³-hybridized carbons (Fsp3) is 0.577. The van der Waals surface area contributed by atoms with Crippen molar-refractivity contribution in [2.24, 2.45) is 5.41 Å². The molecular weight excluding hydrogens is 468 g/mol. The van der Waals surface area contributed by atoms with Crippen LogP contribution in [-0.2, 0) is 11.2 Å². The molecule has 2 amide bonds. The fourth-order valence-corrected chi connectivity index (χ4v) is 4.88. The Balaban J connectivity index is 1.42. The molecule has 190 valence electrons. The summed E-state index contributed by atoms with van der Waals surface area (Å²) in [6, 6.07) is 9.02.